The molecule has 31 heavy (non-hydrogen) atoms. The lowest BCUT2D eigenvalue weighted by Gasteiger charge is -2.23. The monoisotopic (exact) mass is 434 g/mol. The first kappa shape index (κ1) is 20.7. The minimum absolute atomic E-state index is 0.0487. The van der Waals surface area contributed by atoms with Crippen molar-refractivity contribution in [1.82, 2.24) is 20.2 Å². The second-order valence-electron chi connectivity index (χ2n) is 7.24. The second kappa shape index (κ2) is 8.66. The number of nitrogens with zero attached hydrogens (tertiary/aromatic N) is 5. The molecule has 2 N–H and O–H groups in total. The molecule has 12 heteroatoms. The van der Waals surface area contributed by atoms with Crippen molar-refractivity contribution in [3.63, 3.8) is 0 Å². The molecule has 0 aliphatic heterocycles. The summed E-state index contributed by atoms with van der Waals surface area (Å²) in [6.45, 7) is 0. The maximum Gasteiger partial charge on any atom is 0.433 e. The molecule has 2 atom stereocenters. The number of amides is 2. The zero-order chi connectivity index (χ0) is 21.8. The lowest BCUT2D eigenvalue weighted by atomic mass is 9.82. The lowest BCUT2D eigenvalue weighted by molar-refractivity contribution is -0.787. The Morgan fingerprint density at radius 2 is 2.00 bits per heavy atom. The van der Waals surface area contributed by atoms with Crippen molar-refractivity contribution >= 4 is 17.6 Å². The van der Waals surface area contributed by atoms with E-state index in [0.29, 0.717) is 5.92 Å². The van der Waals surface area contributed by atoms with Gasteiger partial charge in [0.15, 0.2) is 6.04 Å². The summed E-state index contributed by atoms with van der Waals surface area (Å²) >= 11 is 0. The molecule has 0 saturated heterocycles. The van der Waals surface area contributed by atoms with Crippen LogP contribution in [0.2, 0.25) is 0 Å². The quantitative estimate of drug-likeness (QED) is 0.606. The largest absolute Gasteiger partial charge is 0.433 e. The van der Waals surface area contributed by atoms with Gasteiger partial charge in [0.25, 0.3) is 6.20 Å². The summed E-state index contributed by atoms with van der Waals surface area (Å²) in [6.07, 6.45) is 6.81. The minimum atomic E-state index is -4.60. The molecule has 0 aromatic carbocycles. The van der Waals surface area contributed by atoms with E-state index in [1.165, 1.54) is 12.4 Å². The molecule has 1 aliphatic rings. The molecule has 3 aromatic rings. The van der Waals surface area contributed by atoms with E-state index in [4.69, 9.17) is 4.52 Å². The van der Waals surface area contributed by atoms with Crippen molar-refractivity contribution in [1.29, 1.82) is 0 Å². The Kier molecular flexibility index (Phi) is 5.78. The first-order valence-electron chi connectivity index (χ1n) is 9.63. The standard InChI is InChI=1S/C19H18F3N7O2/c20-19(21,22)16-7-14(4-5-25-16)26-18(30)27-17-10-29(28-31-17)15-3-1-2-12(6-15)13-8-23-11-24-9-13/h4-5,7-12,15H,1-3,6H2,(H-,25,26,27,28,30)/p+1/t12-,15+/m0/s1. The summed E-state index contributed by atoms with van der Waals surface area (Å²) < 4.78 is 45.1. The van der Waals surface area contributed by atoms with Crippen LogP contribution in [-0.4, -0.2) is 26.3 Å². The van der Waals surface area contributed by atoms with E-state index in [0.717, 1.165) is 43.5 Å². The zero-order valence-electron chi connectivity index (χ0n) is 16.2. The van der Waals surface area contributed by atoms with Crippen molar-refractivity contribution in [2.45, 2.75) is 43.8 Å². The fourth-order valence-electron chi connectivity index (χ4n) is 3.65. The smallest absolute Gasteiger partial charge is 0.308 e. The Bertz CT molecular complexity index is 1040. The number of pyridine rings is 1. The van der Waals surface area contributed by atoms with E-state index in [1.807, 2.05) is 12.4 Å². The van der Waals surface area contributed by atoms with Crippen molar-refractivity contribution in [2.75, 3.05) is 10.6 Å². The summed E-state index contributed by atoms with van der Waals surface area (Å²) in [7, 11) is 0. The van der Waals surface area contributed by atoms with E-state index in [2.05, 4.69) is 30.9 Å². The molecular weight excluding hydrogens is 415 g/mol. The average Bonchev–Trinajstić information content (AvgIpc) is 3.22. The molecule has 0 bridgehead atoms. The number of carbonyl (C=O) groups excluding carboxylic acids is 1. The third-order valence-electron chi connectivity index (χ3n) is 5.10. The maximum absolute atomic E-state index is 12.7. The number of halogens is 3. The summed E-state index contributed by atoms with van der Waals surface area (Å²) in [5.41, 5.74) is -0.0736. The van der Waals surface area contributed by atoms with Crippen LogP contribution in [-0.2, 0) is 6.18 Å². The van der Waals surface area contributed by atoms with Crippen molar-refractivity contribution in [2.24, 2.45) is 0 Å². The van der Waals surface area contributed by atoms with Crippen LogP contribution in [0.3, 0.4) is 0 Å². The molecule has 0 radical (unpaired) electrons. The molecule has 3 heterocycles. The predicted octanol–water partition coefficient (Wildman–Crippen LogP) is 3.71. The van der Waals surface area contributed by atoms with Gasteiger partial charge in [-0.05, 0) is 41.1 Å². The molecule has 1 aliphatic carbocycles. The van der Waals surface area contributed by atoms with Gasteiger partial charge in [-0.3, -0.25) is 14.8 Å². The maximum atomic E-state index is 12.7. The molecule has 2 amide bonds. The molecular formula is C19H19F3N7O2+. The summed E-state index contributed by atoms with van der Waals surface area (Å²) in [6, 6.07) is 1.32. The molecule has 162 valence electrons. The average molecular weight is 434 g/mol. The molecule has 0 spiro atoms. The van der Waals surface area contributed by atoms with Gasteiger partial charge in [-0.15, -0.1) is 0 Å². The van der Waals surface area contributed by atoms with E-state index < -0.39 is 17.9 Å². The van der Waals surface area contributed by atoms with E-state index in [-0.39, 0.29) is 17.6 Å². The van der Waals surface area contributed by atoms with Gasteiger partial charge >= 0.3 is 18.1 Å². The Balaban J connectivity index is 1.37. The van der Waals surface area contributed by atoms with Crippen LogP contribution < -0.4 is 15.3 Å². The van der Waals surface area contributed by atoms with Crippen LogP contribution in [0.15, 0.2) is 47.8 Å². The Morgan fingerprint density at radius 3 is 2.77 bits per heavy atom. The highest BCUT2D eigenvalue weighted by Crippen LogP contribution is 2.35. The van der Waals surface area contributed by atoms with Crippen LogP contribution in [0.4, 0.5) is 29.5 Å². The first-order chi connectivity index (χ1) is 14.9. The number of alkyl halides is 3. The summed E-state index contributed by atoms with van der Waals surface area (Å²) in [5, 5.41) is 8.73. The topological polar surface area (TPSA) is 110 Å². The number of nitrogens with one attached hydrogen (secondary N) is 2. The Morgan fingerprint density at radius 1 is 1.19 bits per heavy atom. The van der Waals surface area contributed by atoms with Crippen molar-refractivity contribution in [3.8, 4) is 0 Å². The van der Waals surface area contributed by atoms with Crippen LogP contribution >= 0.6 is 0 Å². The zero-order valence-corrected chi connectivity index (χ0v) is 16.2. The predicted molar refractivity (Wildman–Crippen MR) is 101 cm³/mol. The number of hydrogen-bond acceptors (Lipinski definition) is 6. The number of urea groups is 1. The fraction of sp³-hybridized carbons (Fsp3) is 0.368. The summed E-state index contributed by atoms with van der Waals surface area (Å²) in [4.78, 5) is 23.5. The van der Waals surface area contributed by atoms with Gasteiger partial charge in [0.05, 0.1) is 0 Å². The van der Waals surface area contributed by atoms with E-state index in [9.17, 15) is 18.0 Å². The Labute approximate surface area is 174 Å². The third-order valence-corrected chi connectivity index (χ3v) is 5.10. The molecule has 1 saturated carbocycles. The minimum Gasteiger partial charge on any atom is -0.308 e. The van der Waals surface area contributed by atoms with Crippen LogP contribution in [0.25, 0.3) is 0 Å². The van der Waals surface area contributed by atoms with Gasteiger partial charge in [0.2, 0.25) is 5.27 Å². The van der Waals surface area contributed by atoms with Gasteiger partial charge in [-0.25, -0.2) is 14.8 Å². The molecule has 0 unspecified atom stereocenters. The van der Waals surface area contributed by atoms with E-state index >= 15 is 0 Å². The fourth-order valence-corrected chi connectivity index (χ4v) is 3.65. The second-order valence-corrected chi connectivity index (χ2v) is 7.24. The molecule has 4 rings (SSSR count). The SMILES string of the molecule is O=C(Nc1ccnc(C(F)(F)F)c1)Nc1c[n+]([C@@H]2CCC[C@H](c3cncnc3)C2)no1. The third kappa shape index (κ3) is 5.13. The van der Waals surface area contributed by atoms with Crippen LogP contribution in [0.5, 0.6) is 0 Å². The van der Waals surface area contributed by atoms with Gasteiger partial charge < -0.3 is 5.32 Å². The van der Waals surface area contributed by atoms with Gasteiger partial charge in [-0.1, -0.05) is 0 Å². The molecule has 1 fully saturated rings. The highest BCUT2D eigenvalue weighted by molar-refractivity contribution is 5.98. The number of hydrogen-bond donors (Lipinski definition) is 2. The number of aromatic nitrogens is 5. The number of carbonyl (C=O) groups is 1. The highest BCUT2D eigenvalue weighted by Gasteiger charge is 2.33. The first-order valence-corrected chi connectivity index (χ1v) is 9.63. The van der Waals surface area contributed by atoms with Gasteiger partial charge in [-0.2, -0.15) is 13.2 Å². The molecule has 3 aromatic heterocycles. The van der Waals surface area contributed by atoms with E-state index in [1.54, 1.807) is 10.9 Å². The van der Waals surface area contributed by atoms with Gasteiger partial charge in [0.1, 0.15) is 12.0 Å². The lowest BCUT2D eigenvalue weighted by Crippen LogP contribution is -2.42. The number of rotatable bonds is 4. The van der Waals surface area contributed by atoms with Crippen LogP contribution in [0.1, 0.15) is 48.9 Å². The number of anilines is 2. The van der Waals surface area contributed by atoms with Gasteiger partial charge in [0, 0.05) is 37.1 Å². The van der Waals surface area contributed by atoms with Crippen molar-refractivity contribution < 1.29 is 27.2 Å². The highest BCUT2D eigenvalue weighted by atomic mass is 19.4. The normalized spacial score (nSPS) is 19.1. The van der Waals surface area contributed by atoms with Crippen LogP contribution in [0, 0.1) is 0 Å². The Hall–Kier alpha value is -3.57. The molecule has 9 nitrogen and oxygen atoms in total. The van der Waals surface area contributed by atoms with Crippen molar-refractivity contribution in [3.05, 3.63) is 54.5 Å². The summed E-state index contributed by atoms with van der Waals surface area (Å²) in [5.74, 6) is 0.381.